The fraction of sp³-hybridized carbons (Fsp3) is 0.375. The van der Waals surface area contributed by atoms with E-state index in [0.717, 1.165) is 10.0 Å². The second-order valence-corrected chi connectivity index (χ2v) is 6.02. The standard InChI is InChI=1S/C16H19BrN2O5/c1-9-11(17)4-5-12(23-2)13(9)18-14-10(16(22)24-3)8-19(6-7-20)15(14)21/h4-5,18,20H,6-8H2,1-3H3. The maximum Gasteiger partial charge on any atom is 0.337 e. The third-order valence-electron chi connectivity index (χ3n) is 3.78. The minimum absolute atomic E-state index is 0.0871. The van der Waals surface area contributed by atoms with Crippen LogP contribution in [-0.2, 0) is 14.3 Å². The predicted octanol–water partition coefficient (Wildman–Crippen LogP) is 1.44. The first-order valence-electron chi connectivity index (χ1n) is 7.26. The van der Waals surface area contributed by atoms with E-state index >= 15 is 0 Å². The van der Waals surface area contributed by atoms with Crippen LogP contribution in [-0.4, -0.2) is 55.8 Å². The average molecular weight is 399 g/mol. The number of nitrogens with one attached hydrogen (secondary N) is 1. The van der Waals surface area contributed by atoms with Crippen molar-refractivity contribution >= 4 is 33.5 Å². The predicted molar refractivity (Wildman–Crippen MR) is 91.8 cm³/mol. The van der Waals surface area contributed by atoms with Crippen LogP contribution in [0.3, 0.4) is 0 Å². The molecule has 130 valence electrons. The molecule has 0 saturated carbocycles. The van der Waals surface area contributed by atoms with Gasteiger partial charge in [-0.1, -0.05) is 15.9 Å². The van der Waals surface area contributed by atoms with Gasteiger partial charge in [0.05, 0.1) is 38.6 Å². The van der Waals surface area contributed by atoms with Crippen LogP contribution < -0.4 is 10.1 Å². The van der Waals surface area contributed by atoms with Crippen LogP contribution >= 0.6 is 15.9 Å². The Hall–Kier alpha value is -2.06. The van der Waals surface area contributed by atoms with Crippen molar-refractivity contribution in [2.24, 2.45) is 0 Å². The van der Waals surface area contributed by atoms with Crippen LogP contribution in [0.5, 0.6) is 5.75 Å². The molecule has 0 unspecified atom stereocenters. The Labute approximate surface area is 148 Å². The molecule has 0 aliphatic carbocycles. The smallest absolute Gasteiger partial charge is 0.337 e. The van der Waals surface area contributed by atoms with Crippen molar-refractivity contribution in [3.63, 3.8) is 0 Å². The van der Waals surface area contributed by atoms with Crippen LogP contribution in [0.25, 0.3) is 0 Å². The first-order chi connectivity index (χ1) is 11.4. The molecule has 1 aliphatic heterocycles. The summed E-state index contributed by atoms with van der Waals surface area (Å²) in [6, 6.07) is 3.59. The molecule has 8 heteroatoms. The van der Waals surface area contributed by atoms with E-state index in [2.05, 4.69) is 21.2 Å². The molecule has 1 aliphatic rings. The van der Waals surface area contributed by atoms with Crippen LogP contribution in [0.15, 0.2) is 27.9 Å². The number of benzene rings is 1. The largest absolute Gasteiger partial charge is 0.495 e. The zero-order valence-electron chi connectivity index (χ0n) is 13.7. The molecule has 24 heavy (non-hydrogen) atoms. The number of hydrogen-bond donors (Lipinski definition) is 2. The quantitative estimate of drug-likeness (QED) is 0.704. The Kier molecular flexibility index (Phi) is 5.84. The van der Waals surface area contributed by atoms with Crippen molar-refractivity contribution in [3.05, 3.63) is 33.4 Å². The van der Waals surface area contributed by atoms with Crippen molar-refractivity contribution in [2.45, 2.75) is 6.92 Å². The first-order valence-corrected chi connectivity index (χ1v) is 8.05. The number of carbonyl (C=O) groups excluding carboxylic acids is 2. The molecule has 0 spiro atoms. The zero-order chi connectivity index (χ0) is 17.9. The van der Waals surface area contributed by atoms with Gasteiger partial charge >= 0.3 is 5.97 Å². The Bertz CT molecular complexity index is 702. The molecule has 0 radical (unpaired) electrons. The SMILES string of the molecule is COC(=O)C1=C(Nc2c(OC)ccc(Br)c2C)C(=O)N(CCO)C1. The van der Waals surface area contributed by atoms with Crippen LogP contribution in [0.2, 0.25) is 0 Å². The summed E-state index contributed by atoms with van der Waals surface area (Å²) in [6.45, 7) is 1.90. The van der Waals surface area contributed by atoms with Gasteiger partial charge in [-0.15, -0.1) is 0 Å². The fourth-order valence-electron chi connectivity index (χ4n) is 2.46. The molecule has 0 saturated heterocycles. The molecule has 7 nitrogen and oxygen atoms in total. The number of ether oxygens (including phenoxy) is 2. The summed E-state index contributed by atoms with van der Waals surface area (Å²) < 4.78 is 10.9. The number of halogens is 1. The van der Waals surface area contributed by atoms with Gasteiger partial charge in [0.2, 0.25) is 0 Å². The number of methoxy groups -OCH3 is 2. The molecule has 0 aromatic heterocycles. The number of anilines is 1. The fourth-order valence-corrected chi connectivity index (χ4v) is 2.79. The summed E-state index contributed by atoms with van der Waals surface area (Å²) in [6.07, 6.45) is 0. The van der Waals surface area contributed by atoms with E-state index in [4.69, 9.17) is 14.6 Å². The number of nitrogens with zero attached hydrogens (tertiary/aromatic N) is 1. The molecule has 0 bridgehead atoms. The summed E-state index contributed by atoms with van der Waals surface area (Å²) in [4.78, 5) is 26.0. The van der Waals surface area contributed by atoms with E-state index in [-0.39, 0.29) is 36.9 Å². The Morgan fingerprint density at radius 3 is 2.71 bits per heavy atom. The van der Waals surface area contributed by atoms with Crippen molar-refractivity contribution in [3.8, 4) is 5.75 Å². The molecule has 0 atom stereocenters. The number of β-amino-alcohol motifs (C(OH)–C–C–N with tert-alkyl or cyclic N) is 1. The van der Waals surface area contributed by atoms with Crippen LogP contribution in [0, 0.1) is 6.92 Å². The number of rotatable bonds is 6. The summed E-state index contributed by atoms with van der Waals surface area (Å²) in [5.41, 5.74) is 1.77. The van der Waals surface area contributed by atoms with Crippen LogP contribution in [0.4, 0.5) is 5.69 Å². The highest BCUT2D eigenvalue weighted by Crippen LogP contribution is 2.35. The normalized spacial score (nSPS) is 14.2. The van der Waals surface area contributed by atoms with Gasteiger partial charge in [-0.2, -0.15) is 0 Å². The third-order valence-corrected chi connectivity index (χ3v) is 4.64. The zero-order valence-corrected chi connectivity index (χ0v) is 15.3. The topological polar surface area (TPSA) is 88.1 Å². The lowest BCUT2D eigenvalue weighted by Crippen LogP contribution is -2.31. The van der Waals surface area contributed by atoms with Gasteiger partial charge in [-0.05, 0) is 24.6 Å². The van der Waals surface area contributed by atoms with E-state index in [0.29, 0.717) is 11.4 Å². The van der Waals surface area contributed by atoms with E-state index < -0.39 is 5.97 Å². The Balaban J connectivity index is 2.46. The van der Waals surface area contributed by atoms with Crippen molar-refractivity contribution in [1.82, 2.24) is 4.90 Å². The van der Waals surface area contributed by atoms with Crippen molar-refractivity contribution < 1.29 is 24.2 Å². The van der Waals surface area contributed by atoms with Crippen LogP contribution in [0.1, 0.15) is 5.56 Å². The summed E-state index contributed by atoms with van der Waals surface area (Å²) >= 11 is 3.44. The molecule has 1 heterocycles. The summed E-state index contributed by atoms with van der Waals surface area (Å²) in [5, 5.41) is 12.1. The number of aliphatic hydroxyl groups excluding tert-OH is 1. The molecule has 1 aromatic carbocycles. The third kappa shape index (κ3) is 3.39. The van der Waals surface area contributed by atoms with E-state index in [1.807, 2.05) is 13.0 Å². The average Bonchev–Trinajstić information content (AvgIpc) is 2.88. The van der Waals surface area contributed by atoms with Gasteiger partial charge in [-0.3, -0.25) is 4.79 Å². The van der Waals surface area contributed by atoms with Gasteiger partial charge in [0, 0.05) is 11.0 Å². The number of aliphatic hydroxyl groups is 1. The van der Waals surface area contributed by atoms with E-state index in [1.54, 1.807) is 6.07 Å². The molecule has 2 N–H and O–H groups in total. The lowest BCUT2D eigenvalue weighted by Gasteiger charge is -2.17. The Morgan fingerprint density at radius 1 is 1.42 bits per heavy atom. The molecular weight excluding hydrogens is 380 g/mol. The van der Waals surface area contributed by atoms with Gasteiger partial charge in [0.25, 0.3) is 5.91 Å². The second kappa shape index (κ2) is 7.67. The summed E-state index contributed by atoms with van der Waals surface area (Å²) in [7, 11) is 2.79. The maximum absolute atomic E-state index is 12.6. The highest BCUT2D eigenvalue weighted by Gasteiger charge is 2.35. The number of hydrogen-bond acceptors (Lipinski definition) is 6. The minimum Gasteiger partial charge on any atom is -0.495 e. The molecule has 2 rings (SSSR count). The molecular formula is C16H19BrN2O5. The monoisotopic (exact) mass is 398 g/mol. The highest BCUT2D eigenvalue weighted by atomic mass is 79.9. The lowest BCUT2D eigenvalue weighted by atomic mass is 10.1. The number of esters is 1. The number of carbonyl (C=O) groups is 2. The van der Waals surface area contributed by atoms with Crippen molar-refractivity contribution in [1.29, 1.82) is 0 Å². The molecule has 1 aromatic rings. The highest BCUT2D eigenvalue weighted by molar-refractivity contribution is 9.10. The van der Waals surface area contributed by atoms with Gasteiger partial charge in [0.15, 0.2) is 0 Å². The molecule has 0 fully saturated rings. The lowest BCUT2D eigenvalue weighted by molar-refractivity contribution is -0.136. The van der Waals surface area contributed by atoms with Crippen molar-refractivity contribution in [2.75, 3.05) is 39.2 Å². The van der Waals surface area contributed by atoms with Gasteiger partial charge in [-0.25, -0.2) is 4.79 Å². The van der Waals surface area contributed by atoms with E-state index in [9.17, 15) is 9.59 Å². The van der Waals surface area contributed by atoms with E-state index in [1.165, 1.54) is 19.1 Å². The van der Waals surface area contributed by atoms with Gasteiger partial charge in [0.1, 0.15) is 11.4 Å². The Morgan fingerprint density at radius 2 is 2.12 bits per heavy atom. The summed E-state index contributed by atoms with van der Waals surface area (Å²) in [5.74, 6) is -0.412. The first kappa shape index (κ1) is 18.3. The maximum atomic E-state index is 12.6. The second-order valence-electron chi connectivity index (χ2n) is 5.17. The van der Waals surface area contributed by atoms with Gasteiger partial charge < -0.3 is 24.8 Å². The minimum atomic E-state index is -0.585. The number of amides is 1. The molecule has 1 amide bonds.